The van der Waals surface area contributed by atoms with E-state index in [0.717, 1.165) is 6.07 Å². The summed E-state index contributed by atoms with van der Waals surface area (Å²) in [6, 6.07) is 2.44. The molecule has 0 bridgehead atoms. The Labute approximate surface area is 109 Å². The number of hydrogen-bond acceptors (Lipinski definition) is 2. The largest absolute Gasteiger partial charge is 0.330 e. The molecule has 2 aromatic rings. The molecule has 1 aromatic carbocycles. The molecule has 5 heteroatoms. The van der Waals surface area contributed by atoms with Crippen molar-refractivity contribution in [1.29, 1.82) is 0 Å². The van der Waals surface area contributed by atoms with Crippen LogP contribution in [0.4, 0.5) is 13.2 Å². The van der Waals surface area contributed by atoms with Crippen molar-refractivity contribution in [2.24, 2.45) is 11.1 Å². The molecule has 1 heterocycles. The first-order valence-corrected chi connectivity index (χ1v) is 5.97. The Kier molecular flexibility index (Phi) is 3.49. The van der Waals surface area contributed by atoms with E-state index < -0.39 is 17.5 Å². The number of rotatable bonds is 3. The normalized spacial score (nSPS) is 12.1. The van der Waals surface area contributed by atoms with E-state index >= 15 is 0 Å². The first-order valence-electron chi connectivity index (χ1n) is 5.97. The maximum Gasteiger partial charge on any atom is 0.195 e. The first kappa shape index (κ1) is 13.8. The van der Waals surface area contributed by atoms with Crippen LogP contribution < -0.4 is 5.73 Å². The van der Waals surface area contributed by atoms with Gasteiger partial charge < -0.3 is 5.73 Å². The van der Waals surface area contributed by atoms with E-state index in [1.807, 2.05) is 13.8 Å². The van der Waals surface area contributed by atoms with Gasteiger partial charge in [0, 0.05) is 11.6 Å². The van der Waals surface area contributed by atoms with Crippen LogP contribution in [-0.4, -0.2) is 11.5 Å². The summed E-state index contributed by atoms with van der Waals surface area (Å²) < 4.78 is 40.5. The third-order valence-corrected chi connectivity index (χ3v) is 3.16. The third-order valence-electron chi connectivity index (χ3n) is 3.16. The zero-order valence-corrected chi connectivity index (χ0v) is 10.8. The van der Waals surface area contributed by atoms with E-state index in [1.54, 1.807) is 0 Å². The fourth-order valence-electron chi connectivity index (χ4n) is 1.97. The summed E-state index contributed by atoms with van der Waals surface area (Å²) in [6.07, 6.45) is 1.85. The van der Waals surface area contributed by atoms with Gasteiger partial charge in [-0.25, -0.2) is 13.2 Å². The lowest BCUT2D eigenvalue weighted by molar-refractivity contribution is 0.373. The van der Waals surface area contributed by atoms with Gasteiger partial charge in [-0.2, -0.15) is 0 Å². The lowest BCUT2D eigenvalue weighted by Gasteiger charge is -2.22. The van der Waals surface area contributed by atoms with Gasteiger partial charge in [0.05, 0.1) is 5.69 Å². The summed E-state index contributed by atoms with van der Waals surface area (Å²) in [5.41, 5.74) is 5.73. The Morgan fingerprint density at radius 1 is 1.21 bits per heavy atom. The van der Waals surface area contributed by atoms with Gasteiger partial charge in [-0.1, -0.05) is 13.8 Å². The highest BCUT2D eigenvalue weighted by molar-refractivity contribution is 5.85. The molecule has 0 radical (unpaired) electrons. The molecule has 1 aromatic heterocycles. The lowest BCUT2D eigenvalue weighted by atomic mass is 9.86. The first-order chi connectivity index (χ1) is 8.85. The monoisotopic (exact) mass is 268 g/mol. The fraction of sp³-hybridized carbons (Fsp3) is 0.357. The molecule has 0 amide bonds. The average molecular weight is 268 g/mol. The summed E-state index contributed by atoms with van der Waals surface area (Å²) in [5.74, 6) is -3.85. The van der Waals surface area contributed by atoms with Crippen LogP contribution in [0.2, 0.25) is 0 Å². The number of halogens is 3. The Balaban J connectivity index is 2.66. The molecular weight excluding hydrogens is 253 g/mol. The molecule has 2 N–H and O–H groups in total. The molecule has 2 rings (SSSR count). The number of fused-ring (bicyclic) bond motifs is 1. The maximum atomic E-state index is 13.9. The molecule has 19 heavy (non-hydrogen) atoms. The van der Waals surface area contributed by atoms with Crippen LogP contribution >= 0.6 is 0 Å². The van der Waals surface area contributed by atoms with Crippen LogP contribution in [0, 0.1) is 22.9 Å². The number of pyridine rings is 1. The van der Waals surface area contributed by atoms with Gasteiger partial charge >= 0.3 is 0 Å². The number of benzene rings is 1. The number of hydrogen-bond donors (Lipinski definition) is 1. The third kappa shape index (κ3) is 2.56. The molecule has 0 aliphatic heterocycles. The molecule has 0 aliphatic rings. The number of nitrogens with zero attached hydrogens (tertiary/aromatic N) is 1. The minimum atomic E-state index is -1.47. The van der Waals surface area contributed by atoms with Crippen LogP contribution in [0.25, 0.3) is 10.8 Å². The van der Waals surface area contributed by atoms with Crippen molar-refractivity contribution in [2.75, 3.05) is 6.54 Å². The molecule has 0 fully saturated rings. The number of nitrogens with two attached hydrogens (primary N) is 1. The van der Waals surface area contributed by atoms with Crippen LogP contribution in [-0.2, 0) is 6.42 Å². The molecule has 0 unspecified atom stereocenters. The molecule has 0 atom stereocenters. The molecule has 0 saturated carbocycles. The summed E-state index contributed by atoms with van der Waals surface area (Å²) in [4.78, 5) is 4.09. The predicted octanol–water partition coefficient (Wildman–Crippen LogP) is 3.18. The molecule has 0 spiro atoms. The molecular formula is C14H15F3N2. The molecule has 102 valence electrons. The SMILES string of the molecule is CC(C)(CN)Cc1nccc2cc(F)c(F)c(F)c12. The Hall–Kier alpha value is -1.62. The van der Waals surface area contributed by atoms with Gasteiger partial charge in [0.15, 0.2) is 17.5 Å². The van der Waals surface area contributed by atoms with E-state index in [9.17, 15) is 13.2 Å². The summed E-state index contributed by atoms with van der Waals surface area (Å²) >= 11 is 0. The van der Waals surface area contributed by atoms with Crippen LogP contribution in [0.1, 0.15) is 19.5 Å². The summed E-state index contributed by atoms with van der Waals surface area (Å²) in [5, 5.41) is 0.331. The maximum absolute atomic E-state index is 13.9. The Bertz CT molecular complexity index is 624. The minimum absolute atomic E-state index is 0.0305. The zero-order chi connectivity index (χ0) is 14.2. The Morgan fingerprint density at radius 2 is 1.89 bits per heavy atom. The van der Waals surface area contributed by atoms with Gasteiger partial charge in [0.25, 0.3) is 0 Å². The van der Waals surface area contributed by atoms with Crippen molar-refractivity contribution >= 4 is 10.8 Å². The smallest absolute Gasteiger partial charge is 0.195 e. The highest BCUT2D eigenvalue weighted by atomic mass is 19.2. The molecule has 2 nitrogen and oxygen atoms in total. The van der Waals surface area contributed by atoms with Crippen molar-refractivity contribution in [3.8, 4) is 0 Å². The van der Waals surface area contributed by atoms with E-state index in [2.05, 4.69) is 4.98 Å². The van der Waals surface area contributed by atoms with E-state index in [1.165, 1.54) is 12.3 Å². The fourth-order valence-corrected chi connectivity index (χ4v) is 1.97. The second-order valence-electron chi connectivity index (χ2n) is 5.39. The van der Waals surface area contributed by atoms with Gasteiger partial charge in [-0.05, 0) is 35.9 Å². The van der Waals surface area contributed by atoms with Crippen molar-refractivity contribution < 1.29 is 13.2 Å². The van der Waals surface area contributed by atoms with Gasteiger partial charge in [-0.3, -0.25) is 4.98 Å². The highest BCUT2D eigenvalue weighted by Gasteiger charge is 2.22. The van der Waals surface area contributed by atoms with E-state index in [4.69, 9.17) is 5.73 Å². The van der Waals surface area contributed by atoms with Gasteiger partial charge in [-0.15, -0.1) is 0 Å². The predicted molar refractivity (Wildman–Crippen MR) is 68.2 cm³/mol. The second-order valence-corrected chi connectivity index (χ2v) is 5.39. The van der Waals surface area contributed by atoms with Crippen LogP contribution in [0.15, 0.2) is 18.3 Å². The highest BCUT2D eigenvalue weighted by Crippen LogP contribution is 2.29. The van der Waals surface area contributed by atoms with Crippen molar-refractivity contribution in [1.82, 2.24) is 4.98 Å². The average Bonchev–Trinajstić information content (AvgIpc) is 2.35. The zero-order valence-electron chi connectivity index (χ0n) is 10.8. The standard InChI is InChI=1S/C14H15F3N2/c1-14(2,7-18)6-10-11-8(3-4-19-10)5-9(15)12(16)13(11)17/h3-5H,6-7,18H2,1-2H3. The van der Waals surface area contributed by atoms with Crippen molar-refractivity contribution in [3.05, 3.63) is 41.5 Å². The second kappa shape index (κ2) is 4.81. The van der Waals surface area contributed by atoms with Crippen molar-refractivity contribution in [2.45, 2.75) is 20.3 Å². The van der Waals surface area contributed by atoms with Crippen LogP contribution in [0.3, 0.4) is 0 Å². The van der Waals surface area contributed by atoms with E-state index in [0.29, 0.717) is 24.0 Å². The molecule has 0 saturated heterocycles. The van der Waals surface area contributed by atoms with Crippen molar-refractivity contribution in [3.63, 3.8) is 0 Å². The minimum Gasteiger partial charge on any atom is -0.330 e. The summed E-state index contributed by atoms with van der Waals surface area (Å²) in [7, 11) is 0. The molecule has 0 aliphatic carbocycles. The quantitative estimate of drug-likeness (QED) is 0.868. The number of aromatic nitrogens is 1. The topological polar surface area (TPSA) is 38.9 Å². The van der Waals surface area contributed by atoms with E-state index in [-0.39, 0.29) is 10.8 Å². The van der Waals surface area contributed by atoms with Gasteiger partial charge in [0.1, 0.15) is 0 Å². The Morgan fingerprint density at radius 3 is 2.53 bits per heavy atom. The lowest BCUT2D eigenvalue weighted by Crippen LogP contribution is -2.26. The summed E-state index contributed by atoms with van der Waals surface area (Å²) in [6.45, 7) is 4.20. The van der Waals surface area contributed by atoms with Crippen LogP contribution in [0.5, 0.6) is 0 Å². The van der Waals surface area contributed by atoms with Gasteiger partial charge in [0.2, 0.25) is 0 Å².